The van der Waals surface area contributed by atoms with E-state index in [-0.39, 0.29) is 5.91 Å². The Labute approximate surface area is 120 Å². The molecular weight excluding hydrogens is 262 g/mol. The van der Waals surface area contributed by atoms with E-state index in [2.05, 4.69) is 21.7 Å². The lowest BCUT2D eigenvalue weighted by atomic mass is 9.85. The van der Waals surface area contributed by atoms with Gasteiger partial charge >= 0.3 is 0 Å². The van der Waals surface area contributed by atoms with E-state index < -0.39 is 0 Å². The second-order valence-corrected chi connectivity index (χ2v) is 6.09. The van der Waals surface area contributed by atoms with Gasteiger partial charge in [-0.2, -0.15) is 0 Å². The summed E-state index contributed by atoms with van der Waals surface area (Å²) in [7, 11) is 0. The summed E-state index contributed by atoms with van der Waals surface area (Å²) in [5.74, 6) is 0.551. The lowest BCUT2D eigenvalue weighted by molar-refractivity contribution is -0.127. The van der Waals surface area contributed by atoms with E-state index in [9.17, 15) is 4.79 Å². The molecule has 19 heavy (non-hydrogen) atoms. The Morgan fingerprint density at radius 1 is 1.21 bits per heavy atom. The van der Waals surface area contributed by atoms with Gasteiger partial charge in [-0.15, -0.1) is 0 Å². The number of nitrogens with one attached hydrogen (secondary N) is 1. The minimum atomic E-state index is 0.253. The molecule has 1 amide bonds. The molecular formula is C14H24ClN3O. The molecule has 0 spiro atoms. The monoisotopic (exact) mass is 285 g/mol. The van der Waals surface area contributed by atoms with Crippen molar-refractivity contribution < 1.29 is 4.79 Å². The zero-order chi connectivity index (χ0) is 13.7. The van der Waals surface area contributed by atoms with E-state index in [4.69, 9.17) is 11.6 Å². The Balaban J connectivity index is 1.55. The average Bonchev–Trinajstić information content (AvgIpc) is 2.28. The van der Waals surface area contributed by atoms with E-state index in [1.54, 1.807) is 0 Å². The second kappa shape index (κ2) is 7.27. The van der Waals surface area contributed by atoms with E-state index in [0.717, 1.165) is 58.7 Å². The minimum absolute atomic E-state index is 0.253. The van der Waals surface area contributed by atoms with Gasteiger partial charge in [0.1, 0.15) is 0 Å². The average molecular weight is 286 g/mol. The normalized spacial score (nSPS) is 21.9. The number of carbonyl (C=O) groups is 1. The van der Waals surface area contributed by atoms with Crippen LogP contribution >= 0.6 is 11.6 Å². The molecule has 1 saturated carbocycles. The van der Waals surface area contributed by atoms with Crippen molar-refractivity contribution >= 4 is 17.5 Å². The fraction of sp³-hybridized carbons (Fsp3) is 0.786. The van der Waals surface area contributed by atoms with Gasteiger partial charge in [-0.3, -0.25) is 14.6 Å². The molecule has 1 saturated heterocycles. The van der Waals surface area contributed by atoms with Gasteiger partial charge < -0.3 is 5.32 Å². The Morgan fingerprint density at radius 2 is 1.84 bits per heavy atom. The van der Waals surface area contributed by atoms with Gasteiger partial charge in [-0.05, 0) is 12.8 Å². The van der Waals surface area contributed by atoms with Gasteiger partial charge in [-0.25, -0.2) is 0 Å². The van der Waals surface area contributed by atoms with Gasteiger partial charge in [-0.1, -0.05) is 24.6 Å². The first kappa shape index (κ1) is 14.8. The molecule has 5 heteroatoms. The molecule has 0 aromatic rings. The molecule has 0 aromatic carbocycles. The Hall–Kier alpha value is -0.580. The fourth-order valence-electron chi connectivity index (χ4n) is 2.57. The Kier molecular flexibility index (Phi) is 5.67. The van der Waals surface area contributed by atoms with Crippen molar-refractivity contribution in [3.63, 3.8) is 0 Å². The smallest absolute Gasteiger partial charge is 0.223 e. The first-order valence-electron chi connectivity index (χ1n) is 7.21. The molecule has 0 radical (unpaired) electrons. The van der Waals surface area contributed by atoms with E-state index in [0.29, 0.717) is 11.0 Å². The molecule has 108 valence electrons. The number of piperazine rings is 1. The van der Waals surface area contributed by atoms with Crippen LogP contribution in [0.3, 0.4) is 0 Å². The number of rotatable bonds is 6. The predicted molar refractivity (Wildman–Crippen MR) is 78.2 cm³/mol. The molecule has 0 aromatic heterocycles. The van der Waals surface area contributed by atoms with Crippen LogP contribution in [0.15, 0.2) is 11.6 Å². The SMILES string of the molecule is C=C(Cl)CN1CCN(CCNC(=O)C2CCC2)CC1. The van der Waals surface area contributed by atoms with Crippen molar-refractivity contribution in [2.24, 2.45) is 5.92 Å². The van der Waals surface area contributed by atoms with Crippen molar-refractivity contribution in [2.75, 3.05) is 45.8 Å². The standard InChI is InChI=1S/C14H24ClN3O/c1-12(15)11-18-9-7-17(8-10-18)6-5-16-14(19)13-3-2-4-13/h13H,1-11H2,(H,16,19). The van der Waals surface area contributed by atoms with Crippen LogP contribution in [0.4, 0.5) is 0 Å². The molecule has 1 aliphatic heterocycles. The quantitative estimate of drug-likeness (QED) is 0.798. The third-order valence-electron chi connectivity index (χ3n) is 4.06. The van der Waals surface area contributed by atoms with E-state index in [1.165, 1.54) is 6.42 Å². The third kappa shape index (κ3) is 4.79. The maximum atomic E-state index is 11.7. The summed E-state index contributed by atoms with van der Waals surface area (Å²) in [4.78, 5) is 16.4. The number of hydrogen-bond acceptors (Lipinski definition) is 3. The maximum absolute atomic E-state index is 11.7. The van der Waals surface area contributed by atoms with E-state index >= 15 is 0 Å². The van der Waals surface area contributed by atoms with Crippen LogP contribution in [0.1, 0.15) is 19.3 Å². The van der Waals surface area contributed by atoms with Crippen LogP contribution in [0.25, 0.3) is 0 Å². The van der Waals surface area contributed by atoms with E-state index in [1.807, 2.05) is 0 Å². The number of carbonyl (C=O) groups excluding carboxylic acids is 1. The number of halogens is 1. The molecule has 0 bridgehead atoms. The topological polar surface area (TPSA) is 35.6 Å². The van der Waals surface area contributed by atoms with Gasteiger partial charge in [0.05, 0.1) is 0 Å². The summed E-state index contributed by atoms with van der Waals surface area (Å²) < 4.78 is 0. The van der Waals surface area contributed by atoms with Crippen molar-refractivity contribution in [2.45, 2.75) is 19.3 Å². The van der Waals surface area contributed by atoms with Gasteiger partial charge in [0, 0.05) is 56.8 Å². The maximum Gasteiger partial charge on any atom is 0.223 e. The van der Waals surface area contributed by atoms with Crippen molar-refractivity contribution in [3.8, 4) is 0 Å². The number of hydrogen-bond donors (Lipinski definition) is 1. The summed E-state index contributed by atoms with van der Waals surface area (Å²) in [6.07, 6.45) is 3.37. The fourth-order valence-corrected chi connectivity index (χ4v) is 2.73. The van der Waals surface area contributed by atoms with Crippen LogP contribution in [0.5, 0.6) is 0 Å². The summed E-state index contributed by atoms with van der Waals surface area (Å²) in [6, 6.07) is 0. The van der Waals surface area contributed by atoms with Gasteiger partial charge in [0.15, 0.2) is 0 Å². The Bertz CT molecular complexity index is 323. The van der Waals surface area contributed by atoms with Crippen molar-refractivity contribution in [3.05, 3.63) is 11.6 Å². The molecule has 2 aliphatic rings. The van der Waals surface area contributed by atoms with Crippen molar-refractivity contribution in [1.29, 1.82) is 0 Å². The molecule has 1 aliphatic carbocycles. The molecule has 1 heterocycles. The zero-order valence-electron chi connectivity index (χ0n) is 11.5. The van der Waals surface area contributed by atoms with Crippen LogP contribution in [0.2, 0.25) is 0 Å². The molecule has 0 unspecified atom stereocenters. The van der Waals surface area contributed by atoms with Crippen LogP contribution in [0, 0.1) is 5.92 Å². The third-order valence-corrected chi connectivity index (χ3v) is 4.18. The molecule has 4 nitrogen and oxygen atoms in total. The second-order valence-electron chi connectivity index (χ2n) is 5.55. The van der Waals surface area contributed by atoms with Crippen LogP contribution in [-0.2, 0) is 4.79 Å². The highest BCUT2D eigenvalue weighted by Crippen LogP contribution is 2.25. The summed E-state index contributed by atoms with van der Waals surface area (Å²) in [6.45, 7) is 10.4. The zero-order valence-corrected chi connectivity index (χ0v) is 12.3. The van der Waals surface area contributed by atoms with Crippen LogP contribution < -0.4 is 5.32 Å². The largest absolute Gasteiger partial charge is 0.355 e. The molecule has 2 fully saturated rings. The lowest BCUT2D eigenvalue weighted by Crippen LogP contribution is -2.49. The minimum Gasteiger partial charge on any atom is -0.355 e. The summed E-state index contributed by atoms with van der Waals surface area (Å²) >= 11 is 5.82. The lowest BCUT2D eigenvalue weighted by Gasteiger charge is -2.34. The van der Waals surface area contributed by atoms with Gasteiger partial charge in [0.2, 0.25) is 5.91 Å². The van der Waals surface area contributed by atoms with Gasteiger partial charge in [0.25, 0.3) is 0 Å². The first-order valence-corrected chi connectivity index (χ1v) is 7.58. The Morgan fingerprint density at radius 3 is 2.37 bits per heavy atom. The highest BCUT2D eigenvalue weighted by molar-refractivity contribution is 6.29. The summed E-state index contributed by atoms with van der Waals surface area (Å²) in [5, 5.41) is 3.76. The van der Waals surface area contributed by atoms with Crippen LogP contribution in [-0.4, -0.2) is 61.5 Å². The number of amides is 1. The molecule has 0 atom stereocenters. The van der Waals surface area contributed by atoms with Crippen molar-refractivity contribution in [1.82, 2.24) is 15.1 Å². The highest BCUT2D eigenvalue weighted by Gasteiger charge is 2.25. The number of nitrogens with zero attached hydrogens (tertiary/aromatic N) is 2. The molecule has 2 rings (SSSR count). The molecule has 1 N–H and O–H groups in total. The highest BCUT2D eigenvalue weighted by atomic mass is 35.5. The first-order chi connectivity index (χ1) is 9.15. The summed E-state index contributed by atoms with van der Waals surface area (Å²) in [5.41, 5.74) is 0. The predicted octanol–water partition coefficient (Wildman–Crippen LogP) is 1.27.